The molecule has 1 aliphatic heterocycles. The van der Waals surface area contributed by atoms with E-state index in [-0.39, 0.29) is 0 Å². The van der Waals surface area contributed by atoms with Crippen LogP contribution in [0.15, 0.2) is 42.5 Å². The number of rotatable bonds is 3. The minimum Gasteiger partial charge on any atom is -0.486 e. The van der Waals surface area contributed by atoms with Crippen molar-refractivity contribution in [1.82, 2.24) is 0 Å². The van der Waals surface area contributed by atoms with E-state index in [1.165, 1.54) is 0 Å². The summed E-state index contributed by atoms with van der Waals surface area (Å²) in [6, 6.07) is 13.7. The molecule has 1 aliphatic rings. The van der Waals surface area contributed by atoms with Crippen LogP contribution in [0.25, 0.3) is 0 Å². The zero-order valence-corrected chi connectivity index (χ0v) is 11.1. The second kappa shape index (κ2) is 5.58. The largest absolute Gasteiger partial charge is 0.486 e. The van der Waals surface area contributed by atoms with E-state index in [0.717, 1.165) is 28.3 Å². The van der Waals surface area contributed by atoms with Gasteiger partial charge in [-0.05, 0) is 24.3 Å². The van der Waals surface area contributed by atoms with Crippen LogP contribution in [0, 0.1) is 12.3 Å². The van der Waals surface area contributed by atoms with Crippen LogP contribution < -0.4 is 14.8 Å². The fraction of sp³-hybridized carbons (Fsp3) is 0.176. The van der Waals surface area contributed by atoms with Gasteiger partial charge < -0.3 is 14.8 Å². The minimum atomic E-state index is 0.594. The maximum Gasteiger partial charge on any atom is 0.166 e. The van der Waals surface area contributed by atoms with Crippen LogP contribution in [-0.4, -0.2) is 13.2 Å². The van der Waals surface area contributed by atoms with Crippen LogP contribution in [0.3, 0.4) is 0 Å². The SMILES string of the molecule is C#Cc1cccc(NCc2cccc3c2OCCO3)c1. The van der Waals surface area contributed by atoms with Gasteiger partial charge in [-0.1, -0.05) is 24.1 Å². The van der Waals surface area contributed by atoms with Gasteiger partial charge in [0.25, 0.3) is 0 Å². The number of benzene rings is 2. The second-order valence-corrected chi connectivity index (χ2v) is 4.52. The van der Waals surface area contributed by atoms with Crippen molar-refractivity contribution in [1.29, 1.82) is 0 Å². The zero-order valence-electron chi connectivity index (χ0n) is 11.1. The summed E-state index contributed by atoms with van der Waals surface area (Å²) in [6.45, 7) is 1.87. The highest BCUT2D eigenvalue weighted by molar-refractivity contribution is 5.53. The van der Waals surface area contributed by atoms with E-state index in [0.29, 0.717) is 19.8 Å². The Morgan fingerprint density at radius 2 is 1.95 bits per heavy atom. The summed E-state index contributed by atoms with van der Waals surface area (Å²) in [4.78, 5) is 0. The topological polar surface area (TPSA) is 30.5 Å². The lowest BCUT2D eigenvalue weighted by Gasteiger charge is -2.21. The van der Waals surface area contributed by atoms with Gasteiger partial charge in [0.1, 0.15) is 13.2 Å². The van der Waals surface area contributed by atoms with Gasteiger partial charge in [-0.15, -0.1) is 6.42 Å². The summed E-state index contributed by atoms with van der Waals surface area (Å²) in [7, 11) is 0. The van der Waals surface area contributed by atoms with Crippen LogP contribution in [-0.2, 0) is 6.54 Å². The highest BCUT2D eigenvalue weighted by Gasteiger charge is 2.15. The van der Waals surface area contributed by atoms with Gasteiger partial charge in [0.2, 0.25) is 0 Å². The van der Waals surface area contributed by atoms with E-state index in [9.17, 15) is 0 Å². The quantitative estimate of drug-likeness (QED) is 0.865. The molecule has 0 bridgehead atoms. The van der Waals surface area contributed by atoms with Gasteiger partial charge in [-0.25, -0.2) is 0 Å². The average molecular weight is 265 g/mol. The molecule has 0 spiro atoms. The molecule has 0 unspecified atom stereocenters. The molecular formula is C17H15NO2. The standard InChI is InChI=1S/C17H15NO2/c1-2-13-5-3-7-15(11-13)18-12-14-6-4-8-16-17(14)20-10-9-19-16/h1,3-8,11,18H,9-10,12H2. The Labute approximate surface area is 118 Å². The second-order valence-electron chi connectivity index (χ2n) is 4.52. The number of fused-ring (bicyclic) bond motifs is 1. The smallest absolute Gasteiger partial charge is 0.166 e. The van der Waals surface area contributed by atoms with E-state index in [1.807, 2.05) is 42.5 Å². The molecule has 100 valence electrons. The Hall–Kier alpha value is -2.60. The summed E-state index contributed by atoms with van der Waals surface area (Å²) in [6.07, 6.45) is 5.40. The summed E-state index contributed by atoms with van der Waals surface area (Å²) in [5.74, 6) is 4.28. The molecule has 0 saturated carbocycles. The molecule has 2 aromatic carbocycles. The average Bonchev–Trinajstić information content (AvgIpc) is 2.53. The van der Waals surface area contributed by atoms with Gasteiger partial charge in [0, 0.05) is 23.4 Å². The van der Waals surface area contributed by atoms with Crippen LogP contribution in [0.5, 0.6) is 11.5 Å². The molecular weight excluding hydrogens is 250 g/mol. The van der Waals surface area contributed by atoms with Crippen LogP contribution in [0.2, 0.25) is 0 Å². The molecule has 0 radical (unpaired) electrons. The number of nitrogens with one attached hydrogen (secondary N) is 1. The lowest BCUT2D eigenvalue weighted by Crippen LogP contribution is -2.17. The number of para-hydroxylation sites is 1. The first-order valence-electron chi connectivity index (χ1n) is 6.55. The van der Waals surface area contributed by atoms with Gasteiger partial charge in [0.15, 0.2) is 11.5 Å². The molecule has 1 N–H and O–H groups in total. The van der Waals surface area contributed by atoms with Crippen molar-refractivity contribution in [3.63, 3.8) is 0 Å². The Morgan fingerprint density at radius 3 is 2.85 bits per heavy atom. The van der Waals surface area contributed by atoms with E-state index in [4.69, 9.17) is 15.9 Å². The lowest BCUT2D eigenvalue weighted by molar-refractivity contribution is 0.170. The molecule has 0 atom stereocenters. The summed E-state index contributed by atoms with van der Waals surface area (Å²) in [5, 5.41) is 3.35. The molecule has 3 heteroatoms. The first kappa shape index (κ1) is 12.4. The van der Waals surface area contributed by atoms with Crippen molar-refractivity contribution >= 4 is 5.69 Å². The van der Waals surface area contributed by atoms with E-state index in [2.05, 4.69) is 11.2 Å². The molecule has 0 amide bonds. The van der Waals surface area contributed by atoms with Crippen molar-refractivity contribution in [2.24, 2.45) is 0 Å². The minimum absolute atomic E-state index is 0.594. The number of ether oxygens (including phenoxy) is 2. The normalized spacial score (nSPS) is 12.6. The maximum absolute atomic E-state index is 5.69. The third-order valence-corrected chi connectivity index (χ3v) is 3.16. The molecule has 1 heterocycles. The Kier molecular flexibility index (Phi) is 3.47. The third-order valence-electron chi connectivity index (χ3n) is 3.16. The molecule has 3 nitrogen and oxygen atoms in total. The fourth-order valence-corrected chi connectivity index (χ4v) is 2.19. The van der Waals surface area contributed by atoms with Crippen molar-refractivity contribution in [2.45, 2.75) is 6.54 Å². The Bertz CT molecular complexity index is 658. The van der Waals surface area contributed by atoms with Gasteiger partial charge >= 0.3 is 0 Å². The predicted molar refractivity (Wildman–Crippen MR) is 79.1 cm³/mol. The van der Waals surface area contributed by atoms with E-state index in [1.54, 1.807) is 0 Å². The number of anilines is 1. The summed E-state index contributed by atoms with van der Waals surface area (Å²) < 4.78 is 11.3. The van der Waals surface area contributed by atoms with E-state index >= 15 is 0 Å². The first-order valence-corrected chi connectivity index (χ1v) is 6.55. The Balaban J connectivity index is 1.77. The maximum atomic E-state index is 5.69. The molecule has 0 saturated heterocycles. The predicted octanol–water partition coefficient (Wildman–Crippen LogP) is 3.05. The van der Waals surface area contributed by atoms with Gasteiger partial charge in [-0.3, -0.25) is 0 Å². The third kappa shape index (κ3) is 2.55. The molecule has 0 aromatic heterocycles. The van der Waals surface area contributed by atoms with Crippen LogP contribution >= 0.6 is 0 Å². The summed E-state index contributed by atoms with van der Waals surface area (Å²) >= 11 is 0. The fourth-order valence-electron chi connectivity index (χ4n) is 2.19. The van der Waals surface area contributed by atoms with Crippen molar-refractivity contribution in [3.8, 4) is 23.8 Å². The molecule has 20 heavy (non-hydrogen) atoms. The van der Waals surface area contributed by atoms with Crippen molar-refractivity contribution in [2.75, 3.05) is 18.5 Å². The van der Waals surface area contributed by atoms with E-state index < -0.39 is 0 Å². The highest BCUT2D eigenvalue weighted by Crippen LogP contribution is 2.33. The van der Waals surface area contributed by atoms with Crippen molar-refractivity contribution in [3.05, 3.63) is 53.6 Å². The number of hydrogen-bond donors (Lipinski definition) is 1. The highest BCUT2D eigenvalue weighted by atomic mass is 16.6. The number of hydrogen-bond acceptors (Lipinski definition) is 3. The molecule has 0 aliphatic carbocycles. The molecule has 2 aromatic rings. The van der Waals surface area contributed by atoms with Crippen LogP contribution in [0.1, 0.15) is 11.1 Å². The Morgan fingerprint density at radius 1 is 1.10 bits per heavy atom. The summed E-state index contributed by atoms with van der Waals surface area (Å²) in [5.41, 5.74) is 2.94. The van der Waals surface area contributed by atoms with Crippen LogP contribution in [0.4, 0.5) is 5.69 Å². The zero-order chi connectivity index (χ0) is 13.8. The monoisotopic (exact) mass is 265 g/mol. The number of terminal acetylenes is 1. The van der Waals surface area contributed by atoms with Crippen molar-refractivity contribution < 1.29 is 9.47 Å². The molecule has 0 fully saturated rings. The lowest BCUT2D eigenvalue weighted by atomic mass is 10.1. The molecule has 3 rings (SSSR count). The van der Waals surface area contributed by atoms with Gasteiger partial charge in [0.05, 0.1) is 0 Å². The first-order chi connectivity index (χ1) is 9.86. The van der Waals surface area contributed by atoms with Gasteiger partial charge in [-0.2, -0.15) is 0 Å².